The van der Waals surface area contributed by atoms with E-state index < -0.39 is 18.0 Å². The maximum absolute atomic E-state index is 15.0. The number of rotatable bonds is 15. The topological polar surface area (TPSA) is 140 Å². The molecule has 0 radical (unpaired) electrons. The van der Waals surface area contributed by atoms with E-state index >= 15 is 4.39 Å². The molecule has 36 heavy (non-hydrogen) atoms. The van der Waals surface area contributed by atoms with Crippen LogP contribution >= 0.6 is 0 Å². The minimum atomic E-state index is -0.649. The van der Waals surface area contributed by atoms with Crippen molar-refractivity contribution in [1.82, 2.24) is 15.3 Å². The van der Waals surface area contributed by atoms with Gasteiger partial charge in [-0.2, -0.15) is 5.10 Å². The molecule has 2 rings (SSSR count). The molecule has 11 nitrogen and oxygen atoms in total. The number of anilines is 2. The molecule has 1 heterocycles. The number of allylic oxidation sites excluding steroid dienone is 1. The Balaban J connectivity index is 2.12. The second-order valence-corrected chi connectivity index (χ2v) is 7.66. The smallest absolute Gasteiger partial charge is 0.312 e. The number of carbonyl (C=O) groups is 2. The van der Waals surface area contributed by atoms with Gasteiger partial charge in [0.1, 0.15) is 17.7 Å². The second kappa shape index (κ2) is 14.0. The van der Waals surface area contributed by atoms with Gasteiger partial charge in [-0.3, -0.25) is 15.2 Å². The lowest BCUT2D eigenvalue weighted by molar-refractivity contribution is -0.133. The average Bonchev–Trinajstić information content (AvgIpc) is 2.86. The van der Waals surface area contributed by atoms with Crippen LogP contribution in [-0.2, 0) is 9.53 Å². The first-order valence-corrected chi connectivity index (χ1v) is 11.1. The Morgan fingerprint density at radius 2 is 2.14 bits per heavy atom. The summed E-state index contributed by atoms with van der Waals surface area (Å²) in [5.41, 5.74) is 6.57. The Bertz CT molecular complexity index is 1060. The molecule has 192 valence electrons. The monoisotopic (exact) mass is 498 g/mol. The first-order chi connectivity index (χ1) is 17.3. The van der Waals surface area contributed by atoms with E-state index in [-0.39, 0.29) is 6.54 Å². The molecule has 0 bridgehead atoms. The summed E-state index contributed by atoms with van der Waals surface area (Å²) in [7, 11) is 1.77. The van der Waals surface area contributed by atoms with Gasteiger partial charge < -0.3 is 25.6 Å². The molecule has 0 saturated carbocycles. The summed E-state index contributed by atoms with van der Waals surface area (Å²) in [6.07, 6.45) is 5.57. The zero-order valence-corrected chi connectivity index (χ0v) is 20.3. The van der Waals surface area contributed by atoms with Gasteiger partial charge in [-0.15, -0.1) is 0 Å². The van der Waals surface area contributed by atoms with E-state index in [9.17, 15) is 9.59 Å². The zero-order valence-electron chi connectivity index (χ0n) is 20.3. The lowest BCUT2D eigenvalue weighted by Crippen LogP contribution is -2.37. The highest BCUT2D eigenvalue weighted by Gasteiger charge is 2.17. The third-order valence-electron chi connectivity index (χ3n) is 5.17. The van der Waals surface area contributed by atoms with Crippen LogP contribution in [0.1, 0.15) is 6.92 Å². The van der Waals surface area contributed by atoms with Crippen LogP contribution in [0.15, 0.2) is 53.9 Å². The summed E-state index contributed by atoms with van der Waals surface area (Å²) >= 11 is 0. The van der Waals surface area contributed by atoms with Gasteiger partial charge in [0, 0.05) is 56.1 Å². The highest BCUT2D eigenvalue weighted by atomic mass is 19.1. The minimum absolute atomic E-state index is 0.244. The van der Waals surface area contributed by atoms with Crippen molar-refractivity contribution in [3.05, 3.63) is 54.6 Å². The molecule has 0 spiro atoms. The Hall–Kier alpha value is -4.48. The number of pyridine rings is 1. The van der Waals surface area contributed by atoms with Crippen LogP contribution in [0, 0.1) is 11.2 Å². The van der Waals surface area contributed by atoms with E-state index in [1.54, 1.807) is 53.5 Å². The molecule has 0 aliphatic heterocycles. The quantitative estimate of drug-likeness (QED) is 0.148. The van der Waals surface area contributed by atoms with Crippen LogP contribution in [-0.4, -0.2) is 74.9 Å². The molecule has 4 N–H and O–H groups in total. The third kappa shape index (κ3) is 8.08. The minimum Gasteiger partial charge on any atom is -0.461 e. The van der Waals surface area contributed by atoms with Crippen LogP contribution in [0.2, 0.25) is 0 Å². The van der Waals surface area contributed by atoms with Gasteiger partial charge in [-0.1, -0.05) is 6.08 Å². The van der Waals surface area contributed by atoms with E-state index in [0.29, 0.717) is 48.7 Å². The summed E-state index contributed by atoms with van der Waals surface area (Å²) < 4.78 is 20.2. The number of hydrazone groups is 1. The number of likely N-dealkylation sites (N-methyl/N-ethyl adjacent to an activating group) is 1. The molecular formula is C24H31FN8O3. The fourth-order valence-electron chi connectivity index (χ4n) is 3.42. The molecular weight excluding hydrogens is 467 g/mol. The number of benzene rings is 1. The number of halogens is 1. The number of nitrogens with two attached hydrogens (primary N) is 1. The summed E-state index contributed by atoms with van der Waals surface area (Å²) in [5, 5.41) is 15.4. The van der Waals surface area contributed by atoms with Crippen molar-refractivity contribution in [2.75, 3.05) is 43.0 Å². The molecule has 1 unspecified atom stereocenters. The summed E-state index contributed by atoms with van der Waals surface area (Å²) in [6.45, 7) is 6.86. The lowest BCUT2D eigenvalue weighted by Gasteiger charge is -2.27. The molecule has 0 saturated heterocycles. The SMILES string of the molecule is C=NN(/C=C\C)CC(CN(C)c1ccc(-c2ccc(N(C=N)CCNC(N)=O)nc2)c(F)c1)OC=O. The molecule has 1 aromatic carbocycles. The number of ether oxygens (including phenoxy) is 1. The Kier molecular flexibility index (Phi) is 10.8. The maximum atomic E-state index is 15.0. The van der Waals surface area contributed by atoms with E-state index in [1.165, 1.54) is 17.2 Å². The number of carbonyl (C=O) groups excluding carboxylic acids is 2. The summed E-state index contributed by atoms with van der Waals surface area (Å²) in [4.78, 5) is 29.4. The zero-order chi connectivity index (χ0) is 26.5. The van der Waals surface area contributed by atoms with Crippen molar-refractivity contribution in [3.63, 3.8) is 0 Å². The number of hydrogen-bond donors (Lipinski definition) is 3. The number of nitrogens with zero attached hydrogens (tertiary/aromatic N) is 5. The van der Waals surface area contributed by atoms with Crippen LogP contribution < -0.4 is 20.9 Å². The molecule has 0 aliphatic rings. The van der Waals surface area contributed by atoms with Gasteiger partial charge in [0.05, 0.1) is 19.4 Å². The normalized spacial score (nSPS) is 11.4. The third-order valence-corrected chi connectivity index (χ3v) is 5.17. The van der Waals surface area contributed by atoms with Gasteiger partial charge in [0.2, 0.25) is 0 Å². The van der Waals surface area contributed by atoms with E-state index in [4.69, 9.17) is 15.9 Å². The number of nitrogens with one attached hydrogen (secondary N) is 2. The standard InChI is InChI=1S/C24H31FN8O3/c1-4-10-33(28-2)15-20(36-17-34)14-31(3)19-6-7-21(22(25)12-19)18-5-8-23(30-13-18)32(16-26)11-9-29-24(27)35/h4-8,10,12-13,16-17,20,26H,2,9,11,14-15H2,1,3H3,(H3,27,29,35)/b10-4-,26-16?. The van der Waals surface area contributed by atoms with Crippen molar-refractivity contribution in [2.45, 2.75) is 13.0 Å². The molecule has 12 heteroatoms. The predicted molar refractivity (Wildman–Crippen MR) is 139 cm³/mol. The van der Waals surface area contributed by atoms with Gasteiger partial charge >= 0.3 is 6.03 Å². The largest absolute Gasteiger partial charge is 0.461 e. The first-order valence-electron chi connectivity index (χ1n) is 11.1. The molecule has 2 aromatic rings. The fourth-order valence-corrected chi connectivity index (χ4v) is 3.42. The molecule has 2 amide bonds. The highest BCUT2D eigenvalue weighted by molar-refractivity contribution is 5.77. The van der Waals surface area contributed by atoms with Crippen LogP contribution in [0.25, 0.3) is 11.1 Å². The van der Waals surface area contributed by atoms with Crippen molar-refractivity contribution < 1.29 is 18.7 Å². The van der Waals surface area contributed by atoms with Crippen molar-refractivity contribution in [1.29, 1.82) is 5.41 Å². The Morgan fingerprint density at radius 3 is 2.69 bits per heavy atom. The van der Waals surface area contributed by atoms with Gasteiger partial charge in [-0.25, -0.2) is 14.2 Å². The Labute approximate surface area is 209 Å². The van der Waals surface area contributed by atoms with Crippen molar-refractivity contribution in [3.8, 4) is 11.1 Å². The van der Waals surface area contributed by atoms with Gasteiger partial charge in [-0.05, 0) is 37.3 Å². The first kappa shape index (κ1) is 27.8. The summed E-state index contributed by atoms with van der Waals surface area (Å²) in [5.74, 6) is 0.0265. The highest BCUT2D eigenvalue weighted by Crippen LogP contribution is 2.27. The van der Waals surface area contributed by atoms with Crippen LogP contribution in [0.3, 0.4) is 0 Å². The summed E-state index contributed by atoms with van der Waals surface area (Å²) in [6, 6.07) is 7.53. The van der Waals surface area contributed by atoms with E-state index in [2.05, 4.69) is 22.1 Å². The Morgan fingerprint density at radius 1 is 1.36 bits per heavy atom. The molecule has 0 aliphatic carbocycles. The van der Waals surface area contributed by atoms with Crippen LogP contribution in [0.5, 0.6) is 0 Å². The fraction of sp³-hybridized carbons (Fsp3) is 0.292. The average molecular weight is 499 g/mol. The molecule has 1 aromatic heterocycles. The number of hydrogen-bond acceptors (Lipinski definition) is 8. The maximum Gasteiger partial charge on any atom is 0.312 e. The van der Waals surface area contributed by atoms with Gasteiger partial charge in [0.25, 0.3) is 6.47 Å². The van der Waals surface area contributed by atoms with Crippen LogP contribution in [0.4, 0.5) is 20.7 Å². The number of aromatic nitrogens is 1. The van der Waals surface area contributed by atoms with E-state index in [0.717, 1.165) is 6.34 Å². The number of primary amides is 1. The second-order valence-electron chi connectivity index (χ2n) is 7.66. The van der Waals surface area contributed by atoms with Crippen molar-refractivity contribution in [2.24, 2.45) is 10.8 Å². The molecule has 0 fully saturated rings. The van der Waals surface area contributed by atoms with Gasteiger partial charge in [0.15, 0.2) is 0 Å². The number of amides is 2. The molecule has 1 atom stereocenters. The number of urea groups is 1. The predicted octanol–water partition coefficient (Wildman–Crippen LogP) is 2.40. The van der Waals surface area contributed by atoms with Crippen molar-refractivity contribution >= 4 is 37.1 Å². The lowest BCUT2D eigenvalue weighted by atomic mass is 10.1. The van der Waals surface area contributed by atoms with E-state index in [1.807, 2.05) is 6.92 Å².